The van der Waals surface area contributed by atoms with Gasteiger partial charge in [0.1, 0.15) is 0 Å². The van der Waals surface area contributed by atoms with Crippen LogP contribution in [-0.4, -0.2) is 23.1 Å². The summed E-state index contributed by atoms with van der Waals surface area (Å²) < 4.78 is 2.32. The van der Waals surface area contributed by atoms with Gasteiger partial charge in [-0.3, -0.25) is 0 Å². The number of thioether (sulfide) groups is 1. The largest absolute Gasteiger partial charge is 0.346 e. The third-order valence-electron chi connectivity index (χ3n) is 3.21. The van der Waals surface area contributed by atoms with E-state index in [1.807, 2.05) is 17.8 Å². The van der Waals surface area contributed by atoms with Crippen LogP contribution in [0.25, 0.3) is 10.9 Å². The second kappa shape index (κ2) is 7.22. The molecule has 104 valence electrons. The van der Waals surface area contributed by atoms with E-state index in [2.05, 4.69) is 41.4 Å². The number of fused-ring (bicyclic) bond motifs is 1. The molecule has 0 spiro atoms. The summed E-state index contributed by atoms with van der Waals surface area (Å²) in [6.07, 6.45) is 5.57. The van der Waals surface area contributed by atoms with Crippen LogP contribution in [0.3, 0.4) is 0 Å². The van der Waals surface area contributed by atoms with Crippen LogP contribution in [0.5, 0.6) is 0 Å². The van der Waals surface area contributed by atoms with Crippen LogP contribution in [-0.2, 0) is 13.1 Å². The van der Waals surface area contributed by atoms with Gasteiger partial charge in [0.15, 0.2) is 0 Å². The Kier molecular flexibility index (Phi) is 5.61. The van der Waals surface area contributed by atoms with Gasteiger partial charge < -0.3 is 9.88 Å². The van der Waals surface area contributed by atoms with Gasteiger partial charge in [0.25, 0.3) is 0 Å². The molecule has 0 saturated heterocycles. The smallest absolute Gasteiger partial charge is 0.0498 e. The summed E-state index contributed by atoms with van der Waals surface area (Å²) >= 11 is 8.00. The second-order valence-corrected chi connectivity index (χ2v) is 6.10. The van der Waals surface area contributed by atoms with Crippen molar-refractivity contribution < 1.29 is 0 Å². The Morgan fingerprint density at radius 1 is 1.37 bits per heavy atom. The maximum absolute atomic E-state index is 6.13. The van der Waals surface area contributed by atoms with Gasteiger partial charge in [-0.2, -0.15) is 11.8 Å². The first-order chi connectivity index (χ1) is 9.26. The predicted octanol–water partition coefficient (Wildman–Crippen LogP) is 4.16. The summed E-state index contributed by atoms with van der Waals surface area (Å²) in [5, 5.41) is 5.60. The molecule has 0 atom stereocenters. The molecule has 2 nitrogen and oxygen atoms in total. The fraction of sp³-hybridized carbons (Fsp3) is 0.467. The number of nitrogens with one attached hydrogen (secondary N) is 1. The molecule has 1 aromatic carbocycles. The van der Waals surface area contributed by atoms with Crippen LogP contribution < -0.4 is 5.32 Å². The van der Waals surface area contributed by atoms with Gasteiger partial charge in [-0.25, -0.2) is 0 Å². The fourth-order valence-electron chi connectivity index (χ4n) is 2.26. The summed E-state index contributed by atoms with van der Waals surface area (Å²) in [5.74, 6) is 1.12. The summed E-state index contributed by atoms with van der Waals surface area (Å²) in [5.41, 5.74) is 2.61. The van der Waals surface area contributed by atoms with E-state index in [1.165, 1.54) is 16.5 Å². The molecule has 19 heavy (non-hydrogen) atoms. The Hall–Kier alpha value is -0.640. The molecular weight excluding hydrogens is 276 g/mol. The van der Waals surface area contributed by atoms with Gasteiger partial charge >= 0.3 is 0 Å². The number of aryl methyl sites for hydroxylation is 1. The average Bonchev–Trinajstić information content (AvgIpc) is 2.74. The van der Waals surface area contributed by atoms with Crippen molar-refractivity contribution in [2.75, 3.05) is 18.6 Å². The average molecular weight is 297 g/mol. The summed E-state index contributed by atoms with van der Waals surface area (Å²) in [4.78, 5) is 0. The van der Waals surface area contributed by atoms with Crippen molar-refractivity contribution in [3.8, 4) is 0 Å². The van der Waals surface area contributed by atoms with Crippen LogP contribution in [0.2, 0.25) is 5.02 Å². The molecule has 0 amide bonds. The SMILES string of the molecule is CCCNCc1cn(CCSC)c2cc(Cl)ccc12. The number of halogens is 1. The van der Waals surface area contributed by atoms with Crippen molar-refractivity contribution in [1.29, 1.82) is 0 Å². The topological polar surface area (TPSA) is 17.0 Å². The van der Waals surface area contributed by atoms with Gasteiger partial charge in [0.05, 0.1) is 0 Å². The second-order valence-electron chi connectivity index (χ2n) is 4.68. The first-order valence-electron chi connectivity index (χ1n) is 6.73. The molecule has 2 rings (SSSR count). The molecule has 0 fully saturated rings. The van der Waals surface area contributed by atoms with Crippen LogP contribution in [0.1, 0.15) is 18.9 Å². The zero-order valence-corrected chi connectivity index (χ0v) is 13.2. The van der Waals surface area contributed by atoms with Crippen LogP contribution >= 0.6 is 23.4 Å². The van der Waals surface area contributed by atoms with E-state index in [1.54, 1.807) is 0 Å². The van der Waals surface area contributed by atoms with Crippen molar-refractivity contribution in [2.24, 2.45) is 0 Å². The zero-order chi connectivity index (χ0) is 13.7. The Morgan fingerprint density at radius 3 is 2.95 bits per heavy atom. The standard InChI is InChI=1S/C15H21ClN2S/c1-3-6-17-10-12-11-18(7-8-19-2)15-9-13(16)4-5-14(12)15/h4-5,9,11,17H,3,6-8,10H2,1-2H3. The Labute approximate surface area is 124 Å². The molecule has 0 aliphatic rings. The number of nitrogens with zero attached hydrogens (tertiary/aromatic N) is 1. The highest BCUT2D eigenvalue weighted by molar-refractivity contribution is 7.98. The molecule has 0 saturated carbocycles. The predicted molar refractivity (Wildman–Crippen MR) is 87.3 cm³/mol. The molecule has 0 aliphatic carbocycles. The van der Waals surface area contributed by atoms with Crippen molar-refractivity contribution >= 4 is 34.3 Å². The van der Waals surface area contributed by atoms with Crippen molar-refractivity contribution in [1.82, 2.24) is 9.88 Å². The monoisotopic (exact) mass is 296 g/mol. The van der Waals surface area contributed by atoms with Crippen molar-refractivity contribution in [3.05, 3.63) is 35.0 Å². The number of hydrogen-bond donors (Lipinski definition) is 1. The quantitative estimate of drug-likeness (QED) is 0.773. The third kappa shape index (κ3) is 3.68. The minimum absolute atomic E-state index is 0.809. The zero-order valence-electron chi connectivity index (χ0n) is 11.6. The molecule has 0 unspecified atom stereocenters. The lowest BCUT2D eigenvalue weighted by Crippen LogP contribution is -2.13. The first kappa shape index (κ1) is 14.8. The summed E-state index contributed by atoms with van der Waals surface area (Å²) in [6.45, 7) is 5.21. The lowest BCUT2D eigenvalue weighted by molar-refractivity contribution is 0.674. The first-order valence-corrected chi connectivity index (χ1v) is 8.50. The van der Waals surface area contributed by atoms with E-state index in [-0.39, 0.29) is 0 Å². The van der Waals surface area contributed by atoms with E-state index in [0.29, 0.717) is 0 Å². The van der Waals surface area contributed by atoms with E-state index < -0.39 is 0 Å². The number of rotatable bonds is 7. The lowest BCUT2D eigenvalue weighted by atomic mass is 10.2. The molecule has 0 aliphatic heterocycles. The van der Waals surface area contributed by atoms with Gasteiger partial charge in [-0.15, -0.1) is 0 Å². The van der Waals surface area contributed by atoms with E-state index in [0.717, 1.165) is 36.8 Å². The fourth-order valence-corrected chi connectivity index (χ4v) is 2.80. The number of benzene rings is 1. The van der Waals surface area contributed by atoms with Crippen LogP contribution in [0.4, 0.5) is 0 Å². The summed E-state index contributed by atoms with van der Waals surface area (Å²) in [7, 11) is 0. The van der Waals surface area contributed by atoms with Crippen molar-refractivity contribution in [2.45, 2.75) is 26.4 Å². The molecular formula is C15H21ClN2S. The maximum Gasteiger partial charge on any atom is 0.0498 e. The molecule has 0 radical (unpaired) electrons. The molecule has 2 aromatic rings. The lowest BCUT2D eigenvalue weighted by Gasteiger charge is -2.03. The highest BCUT2D eigenvalue weighted by atomic mass is 35.5. The molecule has 1 aromatic heterocycles. The number of aromatic nitrogens is 1. The highest BCUT2D eigenvalue weighted by Gasteiger charge is 2.08. The van der Waals surface area contributed by atoms with E-state index in [4.69, 9.17) is 11.6 Å². The van der Waals surface area contributed by atoms with Crippen LogP contribution in [0, 0.1) is 0 Å². The normalized spacial score (nSPS) is 11.3. The van der Waals surface area contributed by atoms with E-state index >= 15 is 0 Å². The van der Waals surface area contributed by atoms with Gasteiger partial charge in [-0.05, 0) is 36.9 Å². The van der Waals surface area contributed by atoms with Crippen LogP contribution in [0.15, 0.2) is 24.4 Å². The minimum atomic E-state index is 0.809. The summed E-state index contributed by atoms with van der Waals surface area (Å²) in [6, 6.07) is 6.18. The van der Waals surface area contributed by atoms with Crippen molar-refractivity contribution in [3.63, 3.8) is 0 Å². The third-order valence-corrected chi connectivity index (χ3v) is 4.03. The molecule has 4 heteroatoms. The highest BCUT2D eigenvalue weighted by Crippen LogP contribution is 2.25. The number of hydrogen-bond acceptors (Lipinski definition) is 2. The van der Waals surface area contributed by atoms with Gasteiger partial charge in [-0.1, -0.05) is 24.6 Å². The van der Waals surface area contributed by atoms with E-state index in [9.17, 15) is 0 Å². The molecule has 1 N–H and O–H groups in total. The molecule has 1 heterocycles. The maximum atomic E-state index is 6.13. The van der Waals surface area contributed by atoms with Gasteiger partial charge in [0.2, 0.25) is 0 Å². The Morgan fingerprint density at radius 2 is 2.21 bits per heavy atom. The Bertz CT molecular complexity index is 536. The van der Waals surface area contributed by atoms with Gasteiger partial charge in [0, 0.05) is 41.0 Å². The molecule has 0 bridgehead atoms. The minimum Gasteiger partial charge on any atom is -0.346 e. The Balaban J connectivity index is 2.29.